The van der Waals surface area contributed by atoms with E-state index in [-0.39, 0.29) is 17.8 Å². The first-order valence-electron chi connectivity index (χ1n) is 7.56. The summed E-state index contributed by atoms with van der Waals surface area (Å²) in [7, 11) is 0. The highest BCUT2D eigenvalue weighted by Crippen LogP contribution is 2.40. The Labute approximate surface area is 140 Å². The molecule has 1 amide bonds. The van der Waals surface area contributed by atoms with E-state index in [4.69, 9.17) is 0 Å². The van der Waals surface area contributed by atoms with Crippen molar-refractivity contribution in [2.24, 2.45) is 0 Å². The van der Waals surface area contributed by atoms with E-state index in [0.717, 1.165) is 16.2 Å². The Morgan fingerprint density at radius 3 is 2.68 bits per heavy atom. The summed E-state index contributed by atoms with van der Waals surface area (Å²) in [5.74, 6) is -0.965. The van der Waals surface area contributed by atoms with Gasteiger partial charge < -0.3 is 9.88 Å². The maximum Gasteiger partial charge on any atom is 0.417 e. The van der Waals surface area contributed by atoms with Crippen LogP contribution in [0.3, 0.4) is 0 Å². The van der Waals surface area contributed by atoms with Gasteiger partial charge in [0.05, 0.1) is 5.56 Å². The van der Waals surface area contributed by atoms with Crippen LogP contribution in [0.5, 0.6) is 0 Å². The van der Waals surface area contributed by atoms with Crippen molar-refractivity contribution in [3.8, 4) is 0 Å². The van der Waals surface area contributed by atoms with Gasteiger partial charge in [0.25, 0.3) is 5.56 Å². The van der Waals surface area contributed by atoms with Crippen molar-refractivity contribution in [1.29, 1.82) is 0 Å². The summed E-state index contributed by atoms with van der Waals surface area (Å²) in [4.78, 5) is 23.6. The van der Waals surface area contributed by atoms with Crippen LogP contribution in [0.4, 0.5) is 17.6 Å². The van der Waals surface area contributed by atoms with Gasteiger partial charge in [-0.25, -0.2) is 4.39 Å². The molecule has 2 atom stereocenters. The lowest BCUT2D eigenvalue weighted by Crippen LogP contribution is -2.34. The summed E-state index contributed by atoms with van der Waals surface area (Å²) in [6, 6.07) is 7.27. The first-order chi connectivity index (χ1) is 11.7. The molecule has 1 N–H and O–H groups in total. The van der Waals surface area contributed by atoms with Crippen molar-refractivity contribution in [1.82, 2.24) is 9.88 Å². The number of benzene rings is 1. The molecule has 4 nitrogen and oxygen atoms in total. The molecular weight excluding hydrogens is 340 g/mol. The lowest BCUT2D eigenvalue weighted by Gasteiger charge is -2.11. The molecule has 3 rings (SSSR count). The van der Waals surface area contributed by atoms with Crippen molar-refractivity contribution in [3.63, 3.8) is 0 Å². The second-order valence-electron chi connectivity index (χ2n) is 5.95. The number of hydrogen-bond donors (Lipinski definition) is 1. The summed E-state index contributed by atoms with van der Waals surface area (Å²) in [6.07, 6.45) is -3.35. The molecule has 1 aromatic carbocycles. The highest BCUT2D eigenvalue weighted by molar-refractivity contribution is 5.76. The van der Waals surface area contributed by atoms with E-state index in [1.807, 2.05) is 0 Å². The van der Waals surface area contributed by atoms with E-state index in [9.17, 15) is 27.2 Å². The zero-order valence-corrected chi connectivity index (χ0v) is 12.9. The van der Waals surface area contributed by atoms with Crippen LogP contribution in [0.15, 0.2) is 47.4 Å². The highest BCUT2D eigenvalue weighted by atomic mass is 19.4. The minimum Gasteiger partial charge on any atom is -0.351 e. The molecule has 1 aliphatic carbocycles. The second-order valence-corrected chi connectivity index (χ2v) is 5.95. The van der Waals surface area contributed by atoms with E-state index in [2.05, 4.69) is 5.32 Å². The maximum atomic E-state index is 13.2. The fourth-order valence-corrected chi connectivity index (χ4v) is 2.69. The number of alkyl halides is 3. The summed E-state index contributed by atoms with van der Waals surface area (Å²) in [6.45, 7) is -0.505. The quantitative estimate of drug-likeness (QED) is 0.859. The number of rotatable bonds is 4. The molecule has 1 aliphatic rings. The van der Waals surface area contributed by atoms with Crippen molar-refractivity contribution in [3.05, 3.63) is 69.9 Å². The Hall–Kier alpha value is -2.64. The van der Waals surface area contributed by atoms with Gasteiger partial charge in [-0.2, -0.15) is 13.2 Å². The predicted octanol–water partition coefficient (Wildman–Crippen LogP) is 2.68. The number of hydrogen-bond acceptors (Lipinski definition) is 2. The number of aromatic nitrogens is 1. The summed E-state index contributed by atoms with van der Waals surface area (Å²) in [5, 5.41) is 2.65. The van der Waals surface area contributed by atoms with Crippen molar-refractivity contribution in [2.45, 2.75) is 31.1 Å². The van der Waals surface area contributed by atoms with Gasteiger partial charge in [-0.3, -0.25) is 9.59 Å². The van der Waals surface area contributed by atoms with Crippen LogP contribution in [-0.2, 0) is 17.5 Å². The maximum absolute atomic E-state index is 13.2. The van der Waals surface area contributed by atoms with E-state index in [0.29, 0.717) is 18.7 Å². The number of carbonyl (C=O) groups excluding carboxylic acids is 1. The van der Waals surface area contributed by atoms with Crippen LogP contribution in [-0.4, -0.2) is 16.5 Å². The zero-order valence-electron chi connectivity index (χ0n) is 12.9. The molecule has 0 radical (unpaired) electrons. The molecule has 1 saturated carbocycles. The highest BCUT2D eigenvalue weighted by Gasteiger charge is 2.39. The minimum absolute atomic E-state index is 0.0297. The molecule has 0 saturated heterocycles. The predicted molar refractivity (Wildman–Crippen MR) is 81.4 cm³/mol. The van der Waals surface area contributed by atoms with Gasteiger partial charge in [-0.15, -0.1) is 0 Å². The van der Waals surface area contributed by atoms with Crippen LogP contribution in [0, 0.1) is 5.82 Å². The largest absolute Gasteiger partial charge is 0.417 e. The van der Waals surface area contributed by atoms with Gasteiger partial charge in [0, 0.05) is 24.2 Å². The molecule has 1 fully saturated rings. The Bertz CT molecular complexity index is 860. The molecular formula is C17H14F4N2O2. The number of carbonyl (C=O) groups is 1. The number of pyridine rings is 1. The Morgan fingerprint density at radius 2 is 2.00 bits per heavy atom. The third kappa shape index (κ3) is 4.07. The lowest BCUT2D eigenvalue weighted by atomic mass is 10.1. The average molecular weight is 354 g/mol. The van der Waals surface area contributed by atoms with Crippen LogP contribution < -0.4 is 10.9 Å². The SMILES string of the molecule is O=C(Cn1cc(C(F)(F)F)ccc1=O)N[C@@H]1C[C@H]1c1cccc(F)c1. The molecule has 0 bridgehead atoms. The van der Waals surface area contributed by atoms with Crippen LogP contribution >= 0.6 is 0 Å². The fraction of sp³-hybridized carbons (Fsp3) is 0.294. The first kappa shape index (κ1) is 17.2. The van der Waals surface area contributed by atoms with E-state index in [1.165, 1.54) is 12.1 Å². The molecule has 132 valence electrons. The van der Waals surface area contributed by atoms with Gasteiger partial charge in [0.2, 0.25) is 5.91 Å². The Morgan fingerprint density at radius 1 is 1.24 bits per heavy atom. The minimum atomic E-state index is -4.59. The summed E-state index contributed by atoms with van der Waals surface area (Å²) < 4.78 is 52.0. The Kier molecular flexibility index (Phi) is 4.36. The molecule has 0 spiro atoms. The molecule has 0 aliphatic heterocycles. The fourth-order valence-electron chi connectivity index (χ4n) is 2.69. The number of nitrogens with one attached hydrogen (secondary N) is 1. The molecule has 1 aromatic heterocycles. The van der Waals surface area contributed by atoms with E-state index in [1.54, 1.807) is 12.1 Å². The lowest BCUT2D eigenvalue weighted by molar-refractivity contribution is -0.138. The first-order valence-corrected chi connectivity index (χ1v) is 7.56. The standard InChI is InChI=1S/C17H14F4N2O2/c18-12-3-1-2-10(6-12)13-7-14(13)22-15(24)9-23-8-11(17(19,20)21)4-5-16(23)25/h1-6,8,13-14H,7,9H2,(H,22,24)/t13-,14+/m0/s1. The second kappa shape index (κ2) is 6.34. The third-order valence-corrected chi connectivity index (χ3v) is 4.04. The summed E-state index contributed by atoms with van der Waals surface area (Å²) in [5.41, 5.74) is -0.939. The molecule has 1 heterocycles. The zero-order chi connectivity index (χ0) is 18.2. The average Bonchev–Trinajstić information content (AvgIpc) is 3.27. The van der Waals surface area contributed by atoms with Gasteiger partial charge >= 0.3 is 6.18 Å². The molecule has 25 heavy (non-hydrogen) atoms. The Balaban J connectivity index is 1.63. The van der Waals surface area contributed by atoms with E-state index >= 15 is 0 Å². The molecule has 8 heteroatoms. The topological polar surface area (TPSA) is 51.1 Å². The molecule has 2 aromatic rings. The van der Waals surface area contributed by atoms with Crippen LogP contribution in [0.1, 0.15) is 23.5 Å². The van der Waals surface area contributed by atoms with Crippen molar-refractivity contribution >= 4 is 5.91 Å². The van der Waals surface area contributed by atoms with Crippen LogP contribution in [0.2, 0.25) is 0 Å². The van der Waals surface area contributed by atoms with Gasteiger partial charge in [-0.1, -0.05) is 12.1 Å². The third-order valence-electron chi connectivity index (χ3n) is 4.04. The molecule has 0 unspecified atom stereocenters. The van der Waals surface area contributed by atoms with Gasteiger partial charge in [0.1, 0.15) is 12.4 Å². The van der Waals surface area contributed by atoms with Crippen molar-refractivity contribution in [2.75, 3.05) is 0 Å². The monoisotopic (exact) mass is 354 g/mol. The van der Waals surface area contributed by atoms with Crippen molar-refractivity contribution < 1.29 is 22.4 Å². The van der Waals surface area contributed by atoms with Gasteiger partial charge in [-0.05, 0) is 30.2 Å². The van der Waals surface area contributed by atoms with E-state index < -0.39 is 29.8 Å². The van der Waals surface area contributed by atoms with Crippen LogP contribution in [0.25, 0.3) is 0 Å². The summed E-state index contributed by atoms with van der Waals surface area (Å²) >= 11 is 0. The normalized spacial score (nSPS) is 19.5. The smallest absolute Gasteiger partial charge is 0.351 e. The number of nitrogens with zero attached hydrogens (tertiary/aromatic N) is 1. The van der Waals surface area contributed by atoms with Gasteiger partial charge in [0.15, 0.2) is 0 Å². The number of amides is 1. The number of halogens is 4.